The van der Waals surface area contributed by atoms with Crippen LogP contribution in [0.4, 0.5) is 0 Å². The summed E-state index contributed by atoms with van der Waals surface area (Å²) in [6.45, 7) is 0. The lowest BCUT2D eigenvalue weighted by atomic mass is 9.99. The van der Waals surface area contributed by atoms with Crippen LogP contribution in [0.2, 0.25) is 0 Å². The van der Waals surface area contributed by atoms with E-state index in [1.807, 2.05) is 12.1 Å². The van der Waals surface area contributed by atoms with Crippen molar-refractivity contribution >= 4 is 17.7 Å². The number of hydrogen-bond acceptors (Lipinski definition) is 0. The zero-order valence-electron chi connectivity index (χ0n) is 6.76. The minimum atomic E-state index is 0.534. The first-order valence-electron chi connectivity index (χ1n) is 4.16. The molecule has 2 rings (SSSR count). The molecule has 0 bridgehead atoms. The van der Waals surface area contributed by atoms with E-state index in [9.17, 15) is 0 Å². The van der Waals surface area contributed by atoms with Crippen LogP contribution >= 0.6 is 11.6 Å². The summed E-state index contributed by atoms with van der Waals surface area (Å²) in [4.78, 5) is 0. The number of rotatable bonds is 2. The van der Waals surface area contributed by atoms with Gasteiger partial charge in [-0.3, -0.25) is 0 Å². The van der Waals surface area contributed by atoms with Gasteiger partial charge in [0.05, 0.1) is 0 Å². The third-order valence-corrected chi connectivity index (χ3v) is 2.48. The fraction of sp³-hybridized carbons (Fsp3) is 0.273. The molecule has 1 heteroatoms. The standard InChI is InChI=1S/C11H10Cl/c12-8-7-10-6-5-9-3-1-2-4-11(9)10/h2-6,10H,7-8H2. The first kappa shape index (κ1) is 7.88. The van der Waals surface area contributed by atoms with Crippen molar-refractivity contribution in [3.8, 4) is 0 Å². The third-order valence-electron chi connectivity index (χ3n) is 2.26. The van der Waals surface area contributed by atoms with Gasteiger partial charge in [-0.15, -0.1) is 11.6 Å². The van der Waals surface area contributed by atoms with Crippen molar-refractivity contribution in [2.45, 2.75) is 12.3 Å². The van der Waals surface area contributed by atoms with Crippen LogP contribution in [0, 0.1) is 6.07 Å². The Balaban J connectivity index is 2.30. The van der Waals surface area contributed by atoms with Crippen LogP contribution < -0.4 is 0 Å². The zero-order valence-corrected chi connectivity index (χ0v) is 7.51. The highest BCUT2D eigenvalue weighted by molar-refractivity contribution is 6.17. The molecule has 0 saturated carbocycles. The van der Waals surface area contributed by atoms with Gasteiger partial charge in [-0.05, 0) is 29.7 Å². The molecule has 1 atom stereocenters. The fourth-order valence-electron chi connectivity index (χ4n) is 1.63. The summed E-state index contributed by atoms with van der Waals surface area (Å²) < 4.78 is 0. The molecule has 0 aromatic heterocycles. The summed E-state index contributed by atoms with van der Waals surface area (Å²) in [6, 6.07) is 9.20. The van der Waals surface area contributed by atoms with E-state index in [-0.39, 0.29) is 0 Å². The zero-order chi connectivity index (χ0) is 8.39. The van der Waals surface area contributed by atoms with Gasteiger partial charge in [0, 0.05) is 11.8 Å². The maximum Gasteiger partial charge on any atom is 0.0232 e. The van der Waals surface area contributed by atoms with Gasteiger partial charge in [0.25, 0.3) is 0 Å². The average molecular weight is 178 g/mol. The minimum Gasteiger partial charge on any atom is -0.127 e. The Hall–Kier alpha value is -0.750. The predicted molar refractivity (Wildman–Crippen MR) is 52.4 cm³/mol. The van der Waals surface area contributed by atoms with Gasteiger partial charge in [-0.2, -0.15) is 0 Å². The minimum absolute atomic E-state index is 0.534. The summed E-state index contributed by atoms with van der Waals surface area (Å²) in [6.07, 6.45) is 5.42. The predicted octanol–water partition coefficient (Wildman–Crippen LogP) is 3.23. The number of alkyl halides is 1. The lowest BCUT2D eigenvalue weighted by molar-refractivity contribution is 0.824. The van der Waals surface area contributed by atoms with Gasteiger partial charge < -0.3 is 0 Å². The van der Waals surface area contributed by atoms with E-state index >= 15 is 0 Å². The smallest absolute Gasteiger partial charge is 0.0232 e. The third kappa shape index (κ3) is 1.27. The molecule has 0 fully saturated rings. The Kier molecular flexibility index (Phi) is 2.18. The van der Waals surface area contributed by atoms with Crippen LogP contribution in [0.5, 0.6) is 0 Å². The van der Waals surface area contributed by atoms with Crippen LogP contribution in [-0.2, 0) is 0 Å². The maximum atomic E-state index is 5.71. The molecule has 61 valence electrons. The molecule has 12 heavy (non-hydrogen) atoms. The molecule has 1 radical (unpaired) electrons. The number of hydrogen-bond donors (Lipinski definition) is 0. The molecule has 0 saturated heterocycles. The number of allylic oxidation sites excluding steroid dienone is 1. The van der Waals surface area contributed by atoms with Gasteiger partial charge in [0.2, 0.25) is 0 Å². The van der Waals surface area contributed by atoms with Gasteiger partial charge in [0.15, 0.2) is 0 Å². The molecular weight excluding hydrogens is 168 g/mol. The van der Waals surface area contributed by atoms with Crippen molar-refractivity contribution in [3.05, 3.63) is 41.5 Å². The van der Waals surface area contributed by atoms with E-state index in [1.165, 1.54) is 11.1 Å². The summed E-state index contributed by atoms with van der Waals surface area (Å²) in [7, 11) is 0. The van der Waals surface area contributed by atoms with Crippen molar-refractivity contribution in [1.82, 2.24) is 0 Å². The van der Waals surface area contributed by atoms with Crippen LogP contribution in [0.3, 0.4) is 0 Å². The summed E-state index contributed by atoms with van der Waals surface area (Å²) in [5.41, 5.74) is 2.70. The fourth-order valence-corrected chi connectivity index (χ4v) is 1.87. The Labute approximate surface area is 77.9 Å². The number of fused-ring (bicyclic) bond motifs is 1. The van der Waals surface area contributed by atoms with E-state index in [4.69, 9.17) is 11.6 Å². The molecule has 0 nitrogen and oxygen atoms in total. The van der Waals surface area contributed by atoms with Crippen LogP contribution in [0.25, 0.3) is 6.08 Å². The molecule has 0 amide bonds. The lowest BCUT2D eigenvalue weighted by Gasteiger charge is -2.07. The second kappa shape index (κ2) is 3.32. The van der Waals surface area contributed by atoms with E-state index in [2.05, 4.69) is 24.3 Å². The average Bonchev–Trinajstić information content (AvgIpc) is 2.50. The van der Waals surface area contributed by atoms with Crippen molar-refractivity contribution in [3.63, 3.8) is 0 Å². The Morgan fingerprint density at radius 2 is 2.42 bits per heavy atom. The molecule has 1 unspecified atom stereocenters. The van der Waals surface area contributed by atoms with Crippen LogP contribution in [0.1, 0.15) is 23.5 Å². The number of halogens is 1. The maximum absolute atomic E-state index is 5.71. The summed E-state index contributed by atoms with van der Waals surface area (Å²) in [5, 5.41) is 0. The van der Waals surface area contributed by atoms with E-state index in [0.29, 0.717) is 5.92 Å². The second-order valence-corrected chi connectivity index (χ2v) is 3.38. The highest BCUT2D eigenvalue weighted by Gasteiger charge is 2.14. The van der Waals surface area contributed by atoms with Crippen molar-refractivity contribution in [1.29, 1.82) is 0 Å². The van der Waals surface area contributed by atoms with Gasteiger partial charge >= 0.3 is 0 Å². The first-order chi connectivity index (χ1) is 5.92. The van der Waals surface area contributed by atoms with Crippen LogP contribution in [-0.4, -0.2) is 5.88 Å². The Morgan fingerprint density at radius 3 is 3.25 bits per heavy atom. The largest absolute Gasteiger partial charge is 0.127 e. The van der Waals surface area contributed by atoms with Gasteiger partial charge in [-0.25, -0.2) is 0 Å². The monoisotopic (exact) mass is 177 g/mol. The normalized spacial score (nSPS) is 19.6. The molecule has 0 heterocycles. The molecule has 1 aliphatic rings. The molecule has 0 spiro atoms. The molecule has 0 aliphatic heterocycles. The first-order valence-corrected chi connectivity index (χ1v) is 4.69. The SMILES string of the molecule is ClCCC1C=Cc2c[c]ccc21. The topological polar surface area (TPSA) is 0 Å². The van der Waals surface area contributed by atoms with Crippen molar-refractivity contribution < 1.29 is 0 Å². The summed E-state index contributed by atoms with van der Waals surface area (Å²) in [5.74, 6) is 1.26. The van der Waals surface area contributed by atoms with Crippen molar-refractivity contribution in [2.75, 3.05) is 5.88 Å². The van der Waals surface area contributed by atoms with E-state index < -0.39 is 0 Å². The molecular formula is C11H10Cl. The highest BCUT2D eigenvalue weighted by Crippen LogP contribution is 2.31. The molecule has 1 aromatic carbocycles. The second-order valence-electron chi connectivity index (χ2n) is 3.00. The van der Waals surface area contributed by atoms with Crippen LogP contribution in [0.15, 0.2) is 24.3 Å². The lowest BCUT2D eigenvalue weighted by Crippen LogP contribution is -1.93. The highest BCUT2D eigenvalue weighted by atomic mass is 35.5. The number of benzene rings is 1. The van der Waals surface area contributed by atoms with Crippen molar-refractivity contribution in [2.24, 2.45) is 0 Å². The quantitative estimate of drug-likeness (QED) is 0.609. The summed E-state index contributed by atoms with van der Waals surface area (Å²) >= 11 is 5.71. The Morgan fingerprint density at radius 1 is 1.50 bits per heavy atom. The van der Waals surface area contributed by atoms with E-state index in [0.717, 1.165) is 12.3 Å². The van der Waals surface area contributed by atoms with Gasteiger partial charge in [0.1, 0.15) is 0 Å². The molecule has 1 aliphatic carbocycles. The van der Waals surface area contributed by atoms with E-state index in [1.54, 1.807) is 0 Å². The Bertz CT molecular complexity index is 302. The van der Waals surface area contributed by atoms with Gasteiger partial charge in [-0.1, -0.05) is 24.3 Å². The molecule has 0 N–H and O–H groups in total. The molecule has 1 aromatic rings.